The molecule has 1 rings (SSSR count). The van der Waals surface area contributed by atoms with E-state index in [4.69, 9.17) is 0 Å². The van der Waals surface area contributed by atoms with Gasteiger partial charge in [-0.2, -0.15) is 0 Å². The molecule has 0 aliphatic carbocycles. The Bertz CT molecular complexity index is 391. The number of nitrogens with zero attached hydrogens (tertiary/aromatic N) is 2. The number of hydrogen-bond donors (Lipinski definition) is 0. The van der Waals surface area contributed by atoms with Crippen molar-refractivity contribution >= 4 is 16.5 Å². The third kappa shape index (κ3) is 13.3. The molecule has 32 heavy (non-hydrogen) atoms. The van der Waals surface area contributed by atoms with Crippen molar-refractivity contribution in [3.63, 3.8) is 0 Å². The Labute approximate surface area is 206 Å². The summed E-state index contributed by atoms with van der Waals surface area (Å²) < 4.78 is 5.90. The van der Waals surface area contributed by atoms with Crippen molar-refractivity contribution in [2.45, 2.75) is 155 Å². The van der Waals surface area contributed by atoms with Crippen molar-refractivity contribution in [1.82, 2.24) is 9.13 Å². The van der Waals surface area contributed by atoms with E-state index in [1.54, 1.807) is 0 Å². The van der Waals surface area contributed by atoms with Crippen molar-refractivity contribution in [3.8, 4) is 0 Å². The fraction of sp³-hybridized carbons (Fsp3) is 1.00. The maximum absolute atomic E-state index is 2.95. The third-order valence-corrected chi connectivity index (χ3v) is 15.7. The van der Waals surface area contributed by atoms with Crippen LogP contribution in [0.15, 0.2) is 0 Å². The van der Waals surface area contributed by atoms with E-state index >= 15 is 0 Å². The normalized spacial score (nSPS) is 16.7. The van der Waals surface area contributed by atoms with Crippen molar-refractivity contribution in [2.75, 3.05) is 26.2 Å². The molecule has 4 heteroatoms. The molecule has 0 atom stereocenters. The van der Waals surface area contributed by atoms with Gasteiger partial charge < -0.3 is 9.13 Å². The van der Waals surface area contributed by atoms with Gasteiger partial charge in [0.2, 0.25) is 0 Å². The van der Waals surface area contributed by atoms with E-state index in [1.807, 2.05) is 0 Å². The van der Waals surface area contributed by atoms with Gasteiger partial charge in [0.1, 0.15) is 16.5 Å². The molecule has 1 heterocycles. The summed E-state index contributed by atoms with van der Waals surface area (Å²) in [5, 5.41) is 0. The van der Waals surface area contributed by atoms with Crippen LogP contribution in [0.2, 0.25) is 38.3 Å². The smallest absolute Gasteiger partial charge is 0.122 e. The first-order valence-electron chi connectivity index (χ1n) is 14.8. The Kier molecular flexibility index (Phi) is 16.8. The Hall–Kier alpha value is 0.354. The van der Waals surface area contributed by atoms with E-state index < -0.39 is 16.5 Å². The molecule has 2 nitrogen and oxygen atoms in total. The van der Waals surface area contributed by atoms with Crippen LogP contribution in [0.25, 0.3) is 0 Å². The zero-order valence-corrected chi connectivity index (χ0v) is 25.5. The first-order valence-corrected chi connectivity index (χ1v) is 21.1. The standard InChI is InChI=1S/C28H62N2Si2/c1-7-9-11-13-15-17-19-21-27-31(3,4)29-23-25-30(26-24-29)32(5,6)28-22-20-18-16-14-12-10-8-2/h7-28H2,1-6H3. The molecule has 0 aromatic heterocycles. The van der Waals surface area contributed by atoms with Gasteiger partial charge in [0.15, 0.2) is 0 Å². The molecule has 0 aromatic carbocycles. The fourth-order valence-corrected chi connectivity index (χ4v) is 11.3. The van der Waals surface area contributed by atoms with Gasteiger partial charge in [-0.15, -0.1) is 0 Å². The lowest BCUT2D eigenvalue weighted by Gasteiger charge is -2.47. The van der Waals surface area contributed by atoms with Gasteiger partial charge in [-0.3, -0.25) is 0 Å². The molecular formula is C28H62N2Si2. The van der Waals surface area contributed by atoms with Crippen LogP contribution in [-0.2, 0) is 0 Å². The summed E-state index contributed by atoms with van der Waals surface area (Å²) in [5.41, 5.74) is 0. The van der Waals surface area contributed by atoms with E-state index in [0.29, 0.717) is 0 Å². The molecule has 1 aliphatic heterocycles. The summed E-state index contributed by atoms with van der Waals surface area (Å²) in [6, 6.07) is 3.03. The molecule has 1 saturated heterocycles. The summed E-state index contributed by atoms with van der Waals surface area (Å²) in [4.78, 5) is 0. The van der Waals surface area contributed by atoms with Gasteiger partial charge in [0, 0.05) is 26.2 Å². The van der Waals surface area contributed by atoms with Crippen LogP contribution in [0.1, 0.15) is 117 Å². The van der Waals surface area contributed by atoms with Gasteiger partial charge in [-0.25, -0.2) is 0 Å². The fourth-order valence-electron chi connectivity index (χ4n) is 5.62. The molecule has 0 saturated carbocycles. The van der Waals surface area contributed by atoms with E-state index in [-0.39, 0.29) is 0 Å². The topological polar surface area (TPSA) is 6.48 Å². The first-order chi connectivity index (χ1) is 15.3. The van der Waals surface area contributed by atoms with Crippen LogP contribution < -0.4 is 0 Å². The monoisotopic (exact) mass is 482 g/mol. The minimum Gasteiger partial charge on any atom is -0.321 e. The molecule has 192 valence electrons. The highest BCUT2D eigenvalue weighted by atomic mass is 28.3. The molecule has 0 aromatic rings. The largest absolute Gasteiger partial charge is 0.321 e. The van der Waals surface area contributed by atoms with Crippen LogP contribution in [0.3, 0.4) is 0 Å². The Balaban J connectivity index is 2.17. The van der Waals surface area contributed by atoms with Crippen LogP contribution in [-0.4, -0.2) is 51.8 Å². The minimum absolute atomic E-state index is 1.20. The predicted octanol–water partition coefficient (Wildman–Crippen LogP) is 9.30. The lowest BCUT2D eigenvalue weighted by atomic mass is 10.1. The highest BCUT2D eigenvalue weighted by Gasteiger charge is 2.36. The second kappa shape index (κ2) is 17.7. The Morgan fingerprint density at radius 1 is 0.406 bits per heavy atom. The quantitative estimate of drug-likeness (QED) is 0.126. The predicted molar refractivity (Wildman–Crippen MR) is 153 cm³/mol. The second-order valence-corrected chi connectivity index (χ2v) is 21.6. The average Bonchev–Trinajstić information content (AvgIpc) is 2.77. The molecule has 0 spiro atoms. The second-order valence-electron chi connectivity index (χ2n) is 12.0. The molecule has 0 N–H and O–H groups in total. The number of unbranched alkanes of at least 4 members (excludes halogenated alkanes) is 14. The molecule has 1 aliphatic rings. The van der Waals surface area contributed by atoms with Crippen molar-refractivity contribution < 1.29 is 0 Å². The number of piperazine rings is 1. The summed E-state index contributed by atoms with van der Waals surface area (Å²) in [6.07, 6.45) is 23.2. The SMILES string of the molecule is CCCCCCCCCC[Si](C)(C)N1CCN([Si](C)(C)CCCCCCCCCC)CC1. The van der Waals surface area contributed by atoms with E-state index in [0.717, 1.165) is 0 Å². The highest BCUT2D eigenvalue weighted by Crippen LogP contribution is 2.26. The molecule has 1 fully saturated rings. The van der Waals surface area contributed by atoms with Crippen molar-refractivity contribution in [2.24, 2.45) is 0 Å². The van der Waals surface area contributed by atoms with Gasteiger partial charge in [-0.05, 0) is 12.1 Å². The van der Waals surface area contributed by atoms with E-state index in [2.05, 4.69) is 49.2 Å². The maximum Gasteiger partial charge on any atom is 0.122 e. The van der Waals surface area contributed by atoms with E-state index in [9.17, 15) is 0 Å². The number of hydrogen-bond acceptors (Lipinski definition) is 2. The molecule has 0 radical (unpaired) electrons. The van der Waals surface area contributed by atoms with Gasteiger partial charge in [0.05, 0.1) is 0 Å². The Morgan fingerprint density at radius 3 is 0.938 bits per heavy atom. The lowest BCUT2D eigenvalue weighted by molar-refractivity contribution is 0.260. The highest BCUT2D eigenvalue weighted by molar-refractivity contribution is 6.75. The molecule has 0 amide bonds. The zero-order valence-electron chi connectivity index (χ0n) is 23.5. The third-order valence-electron chi connectivity index (χ3n) is 8.28. The number of rotatable bonds is 20. The summed E-state index contributed by atoms with van der Waals surface area (Å²) >= 11 is 0. The zero-order chi connectivity index (χ0) is 23.7. The lowest BCUT2D eigenvalue weighted by Crippen LogP contribution is -2.62. The van der Waals surface area contributed by atoms with Gasteiger partial charge in [0.25, 0.3) is 0 Å². The van der Waals surface area contributed by atoms with Crippen LogP contribution in [0, 0.1) is 0 Å². The molecule has 0 bridgehead atoms. The van der Waals surface area contributed by atoms with Crippen LogP contribution >= 0.6 is 0 Å². The summed E-state index contributed by atoms with van der Waals surface area (Å²) in [6.45, 7) is 20.6. The first kappa shape index (κ1) is 30.4. The van der Waals surface area contributed by atoms with Crippen LogP contribution in [0.5, 0.6) is 0 Å². The molecular weight excluding hydrogens is 420 g/mol. The summed E-state index contributed by atoms with van der Waals surface area (Å²) in [5.74, 6) is 0. The minimum atomic E-state index is -1.20. The molecule has 0 unspecified atom stereocenters. The van der Waals surface area contributed by atoms with Crippen molar-refractivity contribution in [1.29, 1.82) is 0 Å². The van der Waals surface area contributed by atoms with Crippen molar-refractivity contribution in [3.05, 3.63) is 0 Å². The Morgan fingerprint density at radius 2 is 0.656 bits per heavy atom. The summed E-state index contributed by atoms with van der Waals surface area (Å²) in [7, 11) is -2.40. The van der Waals surface area contributed by atoms with E-state index in [1.165, 1.54) is 141 Å². The maximum atomic E-state index is 2.95. The van der Waals surface area contributed by atoms with Gasteiger partial charge >= 0.3 is 0 Å². The van der Waals surface area contributed by atoms with Gasteiger partial charge in [-0.1, -0.05) is 143 Å². The average molecular weight is 483 g/mol. The van der Waals surface area contributed by atoms with Crippen LogP contribution in [0.4, 0.5) is 0 Å².